The average molecular weight is 399 g/mol. The minimum atomic E-state index is -0.177. The minimum absolute atomic E-state index is 0.177. The number of nitrogens with two attached hydrogens (primary N) is 1. The van der Waals surface area contributed by atoms with Crippen LogP contribution in [0.1, 0.15) is 25.3 Å². The molecule has 0 atom stereocenters. The van der Waals surface area contributed by atoms with Gasteiger partial charge in [-0.25, -0.2) is 4.98 Å². The molecule has 3 N–H and O–H groups in total. The van der Waals surface area contributed by atoms with Crippen molar-refractivity contribution >= 4 is 22.8 Å². The van der Waals surface area contributed by atoms with Crippen molar-refractivity contribution < 1.29 is 14.6 Å². The maximum atomic E-state index is 10.3. The van der Waals surface area contributed by atoms with Gasteiger partial charge in [0.25, 0.3) is 6.01 Å². The first-order valence-corrected chi connectivity index (χ1v) is 9.79. The predicted molar refractivity (Wildman–Crippen MR) is 108 cm³/mol. The number of unbranched alkanes of at least 4 members (excludes halogenated alkanes) is 1. The number of anilines is 2. The van der Waals surface area contributed by atoms with E-state index in [4.69, 9.17) is 15.2 Å². The molecule has 0 aromatic carbocycles. The molecule has 1 aliphatic heterocycles. The Balaban J connectivity index is 1.57. The Morgan fingerprint density at radius 3 is 2.76 bits per heavy atom. The van der Waals surface area contributed by atoms with Crippen LogP contribution in [0.25, 0.3) is 11.2 Å². The quantitative estimate of drug-likeness (QED) is 0.570. The molecule has 10 nitrogen and oxygen atoms in total. The standard InChI is InChI=1S/C19H25N7O3/c1-2-3-8-29-18-23-16(20)15-17(24-18)26(19(27)22-15)12-13-4-5-14(21-11-13)25-6-9-28-10-7-25/h4-5,11H,2-3,6-10,12H2,1H3,(H,22,27)(H2,20,23,24). The van der Waals surface area contributed by atoms with Crippen LogP contribution < -0.4 is 15.4 Å². The molecule has 1 saturated heterocycles. The molecule has 0 aliphatic carbocycles. The Morgan fingerprint density at radius 1 is 1.21 bits per heavy atom. The van der Waals surface area contributed by atoms with Crippen molar-refractivity contribution in [3.05, 3.63) is 23.9 Å². The first kappa shape index (κ1) is 19.2. The van der Waals surface area contributed by atoms with Crippen LogP contribution in [-0.2, 0) is 11.3 Å². The third-order valence-electron chi connectivity index (χ3n) is 4.79. The number of nitrogens with zero attached hydrogens (tertiary/aromatic N) is 6. The van der Waals surface area contributed by atoms with Gasteiger partial charge in [-0.05, 0) is 18.1 Å². The summed E-state index contributed by atoms with van der Waals surface area (Å²) in [6.45, 7) is 6.02. The van der Waals surface area contributed by atoms with Crippen LogP contribution in [0, 0.1) is 0 Å². The van der Waals surface area contributed by atoms with Crippen molar-refractivity contribution in [1.82, 2.24) is 24.5 Å². The van der Waals surface area contributed by atoms with Crippen LogP contribution in [0.2, 0.25) is 0 Å². The predicted octanol–water partition coefficient (Wildman–Crippen LogP) is 1.57. The first-order valence-electron chi connectivity index (χ1n) is 9.79. The third kappa shape index (κ3) is 4.16. The van der Waals surface area contributed by atoms with Crippen LogP contribution in [-0.4, -0.2) is 62.5 Å². The van der Waals surface area contributed by atoms with Crippen molar-refractivity contribution in [3.8, 4) is 12.0 Å². The van der Waals surface area contributed by atoms with Gasteiger partial charge >= 0.3 is 6.01 Å². The lowest BCUT2D eigenvalue weighted by Gasteiger charge is -2.27. The lowest BCUT2D eigenvalue weighted by Crippen LogP contribution is -2.36. The van der Waals surface area contributed by atoms with E-state index in [1.54, 1.807) is 10.8 Å². The zero-order valence-corrected chi connectivity index (χ0v) is 16.4. The molecular weight excluding hydrogens is 374 g/mol. The molecule has 3 aromatic heterocycles. The molecule has 10 heteroatoms. The second kappa shape index (κ2) is 8.48. The van der Waals surface area contributed by atoms with Gasteiger partial charge in [-0.1, -0.05) is 19.4 Å². The second-order valence-electron chi connectivity index (χ2n) is 6.89. The van der Waals surface area contributed by atoms with Crippen molar-refractivity contribution in [3.63, 3.8) is 0 Å². The average Bonchev–Trinajstić information content (AvgIpc) is 3.05. The van der Waals surface area contributed by atoms with Crippen molar-refractivity contribution in [2.24, 2.45) is 0 Å². The van der Waals surface area contributed by atoms with Crippen LogP contribution in [0.4, 0.5) is 11.6 Å². The summed E-state index contributed by atoms with van der Waals surface area (Å²) in [5, 5.41) is 10.3. The summed E-state index contributed by atoms with van der Waals surface area (Å²) >= 11 is 0. The van der Waals surface area contributed by atoms with Gasteiger partial charge < -0.3 is 25.2 Å². The number of fused-ring (bicyclic) bond motifs is 1. The van der Waals surface area contributed by atoms with Crippen LogP contribution in [0.5, 0.6) is 12.0 Å². The smallest absolute Gasteiger partial charge is 0.320 e. The molecule has 0 unspecified atom stereocenters. The first-order chi connectivity index (χ1) is 14.2. The Hall–Kier alpha value is -3.14. The summed E-state index contributed by atoms with van der Waals surface area (Å²) in [6.07, 6.45) is 3.69. The zero-order valence-electron chi connectivity index (χ0n) is 16.4. The highest BCUT2D eigenvalue weighted by molar-refractivity contribution is 5.83. The molecule has 1 aliphatic rings. The fourth-order valence-electron chi connectivity index (χ4n) is 3.18. The van der Waals surface area contributed by atoms with Crippen molar-refractivity contribution in [1.29, 1.82) is 0 Å². The van der Waals surface area contributed by atoms with Gasteiger partial charge in [0, 0.05) is 19.3 Å². The summed E-state index contributed by atoms with van der Waals surface area (Å²) in [6, 6.07) is 3.96. The number of aromatic hydroxyl groups is 1. The van der Waals surface area contributed by atoms with Gasteiger partial charge in [-0.15, -0.1) is 0 Å². The van der Waals surface area contributed by atoms with Gasteiger partial charge in [0.15, 0.2) is 17.0 Å². The van der Waals surface area contributed by atoms with Gasteiger partial charge in [0.05, 0.1) is 26.4 Å². The summed E-state index contributed by atoms with van der Waals surface area (Å²) in [4.78, 5) is 19.4. The molecule has 0 saturated carbocycles. The molecule has 0 bridgehead atoms. The fraction of sp³-hybridized carbons (Fsp3) is 0.474. The highest BCUT2D eigenvalue weighted by atomic mass is 16.5. The van der Waals surface area contributed by atoms with E-state index in [0.29, 0.717) is 37.5 Å². The van der Waals surface area contributed by atoms with Crippen LogP contribution >= 0.6 is 0 Å². The minimum Gasteiger partial charge on any atom is -0.480 e. The van der Waals surface area contributed by atoms with E-state index >= 15 is 0 Å². The number of hydrogen-bond acceptors (Lipinski definition) is 9. The molecule has 0 spiro atoms. The van der Waals surface area contributed by atoms with Crippen LogP contribution in [0.3, 0.4) is 0 Å². The number of hydrogen-bond donors (Lipinski definition) is 2. The molecule has 0 radical (unpaired) electrons. The van der Waals surface area contributed by atoms with E-state index in [1.807, 2.05) is 12.1 Å². The Morgan fingerprint density at radius 2 is 2.03 bits per heavy atom. The third-order valence-corrected chi connectivity index (χ3v) is 4.79. The number of ether oxygens (including phenoxy) is 2. The fourth-order valence-corrected chi connectivity index (χ4v) is 3.18. The number of imidazole rings is 1. The number of rotatable bonds is 7. The molecule has 0 amide bonds. The van der Waals surface area contributed by atoms with E-state index < -0.39 is 0 Å². The van der Waals surface area contributed by atoms with E-state index in [9.17, 15) is 5.11 Å². The Labute approximate surface area is 168 Å². The monoisotopic (exact) mass is 399 g/mol. The number of aromatic nitrogens is 5. The molecule has 29 heavy (non-hydrogen) atoms. The molecule has 3 aromatic rings. The van der Waals surface area contributed by atoms with E-state index in [1.165, 1.54) is 0 Å². The van der Waals surface area contributed by atoms with Gasteiger partial charge in [0.1, 0.15) is 5.82 Å². The van der Waals surface area contributed by atoms with Gasteiger partial charge in [-0.2, -0.15) is 15.0 Å². The SMILES string of the molecule is CCCCOc1nc(N)c2nc(O)n(Cc3ccc(N4CCOCC4)nc3)c2n1. The summed E-state index contributed by atoms with van der Waals surface area (Å²) < 4.78 is 12.5. The summed E-state index contributed by atoms with van der Waals surface area (Å²) in [5.41, 5.74) is 7.68. The maximum absolute atomic E-state index is 10.3. The number of pyridine rings is 1. The highest BCUT2D eigenvalue weighted by Crippen LogP contribution is 2.26. The largest absolute Gasteiger partial charge is 0.480 e. The highest BCUT2D eigenvalue weighted by Gasteiger charge is 2.18. The molecule has 154 valence electrons. The Bertz CT molecular complexity index is 968. The van der Waals surface area contributed by atoms with Crippen molar-refractivity contribution in [2.45, 2.75) is 26.3 Å². The zero-order chi connectivity index (χ0) is 20.2. The second-order valence-corrected chi connectivity index (χ2v) is 6.89. The molecule has 4 rings (SSSR count). The van der Waals surface area contributed by atoms with Crippen molar-refractivity contribution in [2.75, 3.05) is 43.5 Å². The van der Waals surface area contributed by atoms with Gasteiger partial charge in [-0.3, -0.25) is 4.57 Å². The lowest BCUT2D eigenvalue weighted by atomic mass is 10.2. The van der Waals surface area contributed by atoms with E-state index in [0.717, 1.165) is 37.3 Å². The number of morpholine rings is 1. The maximum Gasteiger partial charge on any atom is 0.320 e. The van der Waals surface area contributed by atoms with Gasteiger partial charge in [0.2, 0.25) is 0 Å². The summed E-state index contributed by atoms with van der Waals surface area (Å²) in [5.74, 6) is 1.09. The molecular formula is C19H25N7O3. The topological polar surface area (TPSA) is 124 Å². The molecule has 4 heterocycles. The van der Waals surface area contributed by atoms with Crippen LogP contribution in [0.15, 0.2) is 18.3 Å². The Kier molecular flexibility index (Phi) is 5.61. The molecule has 1 fully saturated rings. The normalized spacial score (nSPS) is 14.4. The summed E-state index contributed by atoms with van der Waals surface area (Å²) in [7, 11) is 0. The number of nitrogen functional groups attached to an aromatic ring is 1. The van der Waals surface area contributed by atoms with E-state index in [2.05, 4.69) is 31.8 Å². The van der Waals surface area contributed by atoms with E-state index in [-0.39, 0.29) is 17.8 Å². The lowest BCUT2D eigenvalue weighted by molar-refractivity contribution is 0.122.